The number of aromatic nitrogens is 1. The van der Waals surface area contributed by atoms with E-state index in [0.717, 1.165) is 0 Å². The van der Waals surface area contributed by atoms with E-state index < -0.39 is 37.6 Å². The first-order valence-corrected chi connectivity index (χ1v) is 6.26. The number of alkyl halides is 3. The van der Waals surface area contributed by atoms with Gasteiger partial charge in [-0.3, -0.25) is 0 Å². The zero-order valence-electron chi connectivity index (χ0n) is 8.19. The van der Waals surface area contributed by atoms with Crippen molar-refractivity contribution in [3.05, 3.63) is 11.8 Å². The van der Waals surface area contributed by atoms with E-state index in [0.29, 0.717) is 6.07 Å². The highest BCUT2D eigenvalue weighted by Crippen LogP contribution is 2.30. The van der Waals surface area contributed by atoms with Gasteiger partial charge in [0.2, 0.25) is 5.88 Å². The van der Waals surface area contributed by atoms with Crippen LogP contribution in [0.4, 0.5) is 18.9 Å². The highest BCUT2D eigenvalue weighted by molar-refractivity contribution is 8.14. The van der Waals surface area contributed by atoms with Gasteiger partial charge >= 0.3 is 6.36 Å². The Morgan fingerprint density at radius 2 is 2.06 bits per heavy atom. The van der Waals surface area contributed by atoms with E-state index in [1.54, 1.807) is 0 Å². The van der Waals surface area contributed by atoms with Gasteiger partial charge in [-0.15, -0.1) is 13.2 Å². The average molecular weight is 302 g/mol. The second-order valence-corrected chi connectivity index (χ2v) is 5.33. The van der Waals surface area contributed by atoms with Gasteiger partial charge in [0.1, 0.15) is 11.0 Å². The molecule has 0 aliphatic carbocycles. The molecular weight excluding hydrogens is 299 g/mol. The smallest absolute Gasteiger partial charge is 0.397 e. The first-order valence-electron chi connectivity index (χ1n) is 3.95. The summed E-state index contributed by atoms with van der Waals surface area (Å²) in [5.41, 5.74) is 3.65. The van der Waals surface area contributed by atoms with E-state index in [4.69, 9.17) is 21.7 Å². The number of anilines is 1. The summed E-state index contributed by atoms with van der Waals surface area (Å²) in [6, 6.07) is 1.77. The van der Waals surface area contributed by atoms with E-state index in [2.05, 4.69) is 9.72 Å². The van der Waals surface area contributed by atoms with Crippen LogP contribution in [-0.4, -0.2) is 19.8 Å². The molecule has 0 spiro atoms. The van der Waals surface area contributed by atoms with Crippen LogP contribution in [0.3, 0.4) is 0 Å². The van der Waals surface area contributed by atoms with Gasteiger partial charge in [0, 0.05) is 16.7 Å². The van der Waals surface area contributed by atoms with E-state index in [9.17, 15) is 21.6 Å². The van der Waals surface area contributed by atoms with Crippen molar-refractivity contribution < 1.29 is 26.3 Å². The molecule has 1 aromatic heterocycles. The molecule has 11 heteroatoms. The summed E-state index contributed by atoms with van der Waals surface area (Å²) in [6.45, 7) is 0. The van der Waals surface area contributed by atoms with Crippen molar-refractivity contribution >= 4 is 25.4 Å². The first kappa shape index (κ1) is 14.3. The first-order chi connectivity index (χ1) is 8.04. The average Bonchev–Trinajstić information content (AvgIpc) is 2.11. The Bertz CT molecular complexity index is 623. The lowest BCUT2D eigenvalue weighted by molar-refractivity contribution is -0.276. The fraction of sp³-hybridized carbons (Fsp3) is 0.143. The maximum absolute atomic E-state index is 11.9. The lowest BCUT2D eigenvalue weighted by Gasteiger charge is -2.10. The molecule has 0 aromatic carbocycles. The van der Waals surface area contributed by atoms with Crippen molar-refractivity contribution in [3.8, 4) is 11.9 Å². The predicted octanol–water partition coefficient (Wildman–Crippen LogP) is 1.36. The highest BCUT2D eigenvalue weighted by atomic mass is 35.7. The molecule has 1 heterocycles. The van der Waals surface area contributed by atoms with Gasteiger partial charge in [0.05, 0.1) is 5.69 Å². The van der Waals surface area contributed by atoms with Crippen LogP contribution in [0.2, 0.25) is 0 Å². The molecule has 0 atom stereocenters. The lowest BCUT2D eigenvalue weighted by Crippen LogP contribution is -2.19. The minimum atomic E-state index is -5.05. The topological polar surface area (TPSA) is 106 Å². The highest BCUT2D eigenvalue weighted by Gasteiger charge is 2.33. The molecule has 2 N–H and O–H groups in total. The van der Waals surface area contributed by atoms with Crippen LogP contribution in [0.15, 0.2) is 11.0 Å². The number of ether oxygens (including phenoxy) is 1. The number of hydrogen-bond acceptors (Lipinski definition) is 6. The summed E-state index contributed by atoms with van der Waals surface area (Å²) in [6.07, 6.45) is -5.05. The zero-order valence-corrected chi connectivity index (χ0v) is 9.77. The van der Waals surface area contributed by atoms with Gasteiger partial charge in [-0.2, -0.15) is 5.26 Å². The fourth-order valence-electron chi connectivity index (χ4n) is 1.03. The van der Waals surface area contributed by atoms with Gasteiger partial charge in [-0.25, -0.2) is 13.4 Å². The molecule has 0 saturated carbocycles. The number of nitrogen functional groups attached to an aromatic ring is 1. The molecule has 0 aliphatic rings. The van der Waals surface area contributed by atoms with E-state index in [1.165, 1.54) is 6.07 Å². The Labute approximate surface area is 103 Å². The number of halogens is 4. The molecule has 98 valence electrons. The minimum Gasteiger partial charge on any atom is -0.397 e. The van der Waals surface area contributed by atoms with E-state index in [-0.39, 0.29) is 0 Å². The monoisotopic (exact) mass is 301 g/mol. The third-order valence-corrected chi connectivity index (χ3v) is 2.93. The van der Waals surface area contributed by atoms with Crippen LogP contribution < -0.4 is 10.5 Å². The van der Waals surface area contributed by atoms with Crippen LogP contribution >= 0.6 is 10.7 Å². The molecule has 0 fully saturated rings. The van der Waals surface area contributed by atoms with E-state index >= 15 is 0 Å². The van der Waals surface area contributed by atoms with Crippen molar-refractivity contribution in [3.63, 3.8) is 0 Å². The molecule has 6 nitrogen and oxygen atoms in total. The number of rotatable bonds is 2. The zero-order chi connectivity index (χ0) is 14.1. The molecule has 0 amide bonds. The van der Waals surface area contributed by atoms with Gasteiger partial charge in [-0.1, -0.05) is 0 Å². The van der Waals surface area contributed by atoms with Gasteiger partial charge in [-0.05, 0) is 0 Å². The number of nitrogens with zero attached hydrogens (tertiary/aromatic N) is 2. The standard InChI is InChI=1S/C7H3ClF3N3O3S/c8-18(15,16)6-3(13)1-5(14-4(6)2-12)17-7(9,10)11/h1H,(H2,13,14). The molecule has 0 radical (unpaired) electrons. The SMILES string of the molecule is N#Cc1nc(OC(F)(F)F)cc(N)c1S(=O)(=O)Cl. The molecule has 0 bridgehead atoms. The lowest BCUT2D eigenvalue weighted by atomic mass is 10.3. The molecule has 1 aromatic rings. The molecule has 0 saturated heterocycles. The van der Waals surface area contributed by atoms with Crippen LogP contribution in [0.5, 0.6) is 5.88 Å². The Kier molecular flexibility index (Phi) is 3.59. The Morgan fingerprint density at radius 1 is 1.50 bits per heavy atom. The Morgan fingerprint density at radius 3 is 2.44 bits per heavy atom. The normalized spacial score (nSPS) is 11.9. The summed E-state index contributed by atoms with van der Waals surface area (Å²) in [4.78, 5) is 2.20. The molecule has 0 aliphatic heterocycles. The number of nitrogens with two attached hydrogens (primary N) is 1. The quantitative estimate of drug-likeness (QED) is 0.827. The summed E-state index contributed by atoms with van der Waals surface area (Å²) in [5, 5.41) is 8.60. The molecule has 1 rings (SSSR count). The Hall–Kier alpha value is -1.73. The number of nitriles is 1. The second kappa shape index (κ2) is 4.51. The Balaban J connectivity index is 3.43. The summed E-state index contributed by atoms with van der Waals surface area (Å²) >= 11 is 0. The summed E-state index contributed by atoms with van der Waals surface area (Å²) < 4.78 is 61.3. The van der Waals surface area contributed by atoms with Crippen molar-refractivity contribution in [1.29, 1.82) is 5.26 Å². The van der Waals surface area contributed by atoms with Crippen molar-refractivity contribution in [2.45, 2.75) is 11.3 Å². The fourth-order valence-corrected chi connectivity index (χ4v) is 2.18. The minimum absolute atomic E-state index is 0.504. The number of pyridine rings is 1. The number of hydrogen-bond donors (Lipinski definition) is 1. The van der Waals surface area contributed by atoms with Gasteiger partial charge in [0.25, 0.3) is 9.05 Å². The van der Waals surface area contributed by atoms with Gasteiger partial charge in [0.15, 0.2) is 5.69 Å². The van der Waals surface area contributed by atoms with Crippen molar-refractivity contribution in [1.82, 2.24) is 4.98 Å². The maximum Gasteiger partial charge on any atom is 0.574 e. The maximum atomic E-state index is 11.9. The van der Waals surface area contributed by atoms with Crippen LogP contribution in [0, 0.1) is 11.3 Å². The van der Waals surface area contributed by atoms with Gasteiger partial charge < -0.3 is 10.5 Å². The molecule has 0 unspecified atom stereocenters. The van der Waals surface area contributed by atoms with Crippen LogP contribution in [0.1, 0.15) is 5.69 Å². The third kappa shape index (κ3) is 3.38. The summed E-state index contributed by atoms with van der Waals surface area (Å²) in [5.74, 6) is -1.05. The molecule has 18 heavy (non-hydrogen) atoms. The predicted molar refractivity (Wildman–Crippen MR) is 53.1 cm³/mol. The van der Waals surface area contributed by atoms with Crippen molar-refractivity contribution in [2.75, 3.05) is 5.73 Å². The largest absolute Gasteiger partial charge is 0.574 e. The van der Waals surface area contributed by atoms with E-state index in [1.807, 2.05) is 0 Å². The van der Waals surface area contributed by atoms with Crippen LogP contribution in [0.25, 0.3) is 0 Å². The third-order valence-electron chi connectivity index (χ3n) is 1.55. The second-order valence-electron chi connectivity index (χ2n) is 2.82. The van der Waals surface area contributed by atoms with Crippen LogP contribution in [-0.2, 0) is 9.05 Å². The summed E-state index contributed by atoms with van der Waals surface area (Å²) in [7, 11) is 0.560. The van der Waals surface area contributed by atoms with Crippen molar-refractivity contribution in [2.24, 2.45) is 0 Å². The molecular formula is C7H3ClF3N3O3S.